The van der Waals surface area contributed by atoms with Crippen LogP contribution in [0.15, 0.2) is 133 Å². The third-order valence-electron chi connectivity index (χ3n) is 6.07. The molecule has 4 heteroatoms. The highest BCUT2D eigenvalue weighted by atomic mass is 16.7. The Morgan fingerprint density at radius 2 is 0.957 bits per heavy atom. The highest BCUT2D eigenvalue weighted by Gasteiger charge is 2.06. The van der Waals surface area contributed by atoms with Crippen molar-refractivity contribution < 1.29 is 19.0 Å². The lowest BCUT2D eigenvalue weighted by molar-refractivity contribution is -0.0116. The number of aryl methyl sites for hydroxylation is 4. The Morgan fingerprint density at radius 1 is 0.500 bits per heavy atom. The van der Waals surface area contributed by atoms with E-state index in [9.17, 15) is 4.79 Å². The number of carbonyl (C=O) groups excluding carboxylic acids is 1. The van der Waals surface area contributed by atoms with E-state index < -0.39 is 0 Å². The second-order valence-corrected chi connectivity index (χ2v) is 9.88. The molecule has 0 bridgehead atoms. The number of carbonyl (C=O) groups is 1. The number of hydrogen-bond donors (Lipinski definition) is 0. The Bertz CT molecular complexity index is 1430. The molecule has 244 valence electrons. The van der Waals surface area contributed by atoms with Crippen LogP contribution in [-0.4, -0.2) is 26.0 Å². The summed E-state index contributed by atoms with van der Waals surface area (Å²) in [5.74, 6) is 0.420. The lowest BCUT2D eigenvalue weighted by atomic mass is 10.1. The summed E-state index contributed by atoms with van der Waals surface area (Å²) in [5.41, 5.74) is 7.93. The molecule has 0 saturated carbocycles. The van der Waals surface area contributed by atoms with Crippen LogP contribution in [0.2, 0.25) is 0 Å². The molecule has 4 nitrogen and oxygen atoms in total. The molecule has 5 rings (SSSR count). The zero-order valence-electron chi connectivity index (χ0n) is 29.0. The summed E-state index contributed by atoms with van der Waals surface area (Å²) in [6, 6.07) is 44.2. The second-order valence-electron chi connectivity index (χ2n) is 9.88. The van der Waals surface area contributed by atoms with Gasteiger partial charge in [0, 0.05) is 0 Å². The van der Waals surface area contributed by atoms with Gasteiger partial charge in [0.2, 0.25) is 0 Å². The fourth-order valence-corrected chi connectivity index (χ4v) is 3.99. The normalized spacial score (nSPS) is 9.30. The maximum Gasteiger partial charge on any atom is 0.338 e. The van der Waals surface area contributed by atoms with Crippen LogP contribution in [0, 0.1) is 27.7 Å². The summed E-state index contributed by atoms with van der Waals surface area (Å²) in [5, 5.41) is 0. The number of ether oxygens (including phenoxy) is 3. The van der Waals surface area contributed by atoms with Crippen LogP contribution in [0.4, 0.5) is 0 Å². The molecule has 0 aliphatic heterocycles. The van der Waals surface area contributed by atoms with Crippen LogP contribution in [0.1, 0.15) is 60.3 Å². The molecule has 0 radical (unpaired) electrons. The zero-order valence-corrected chi connectivity index (χ0v) is 29.0. The van der Waals surface area contributed by atoms with Crippen LogP contribution >= 0.6 is 0 Å². The van der Waals surface area contributed by atoms with E-state index in [1.54, 1.807) is 12.1 Å². The van der Waals surface area contributed by atoms with E-state index in [2.05, 4.69) is 86.6 Å². The van der Waals surface area contributed by atoms with E-state index >= 15 is 0 Å². The van der Waals surface area contributed by atoms with Crippen LogP contribution in [0.5, 0.6) is 5.75 Å². The first kappa shape index (κ1) is 39.4. The molecule has 5 aromatic rings. The summed E-state index contributed by atoms with van der Waals surface area (Å²) in [6.07, 6.45) is 0. The predicted molar refractivity (Wildman–Crippen MR) is 195 cm³/mol. The summed E-state index contributed by atoms with van der Waals surface area (Å²) in [4.78, 5) is 11.8. The third kappa shape index (κ3) is 17.0. The van der Waals surface area contributed by atoms with Crippen molar-refractivity contribution >= 4 is 5.97 Å². The van der Waals surface area contributed by atoms with Crippen LogP contribution in [0.3, 0.4) is 0 Å². The SMILES string of the molecule is CC.CC.Cc1cccc(C)c1.Cc1cccc(OCOCCOC(=O)c2cccc(C)c2)c1.c1ccc(-c2ccccc2)cc1. The molecule has 0 aliphatic rings. The van der Waals surface area contributed by atoms with E-state index in [4.69, 9.17) is 14.2 Å². The number of benzene rings is 5. The van der Waals surface area contributed by atoms with Gasteiger partial charge in [-0.15, -0.1) is 0 Å². The lowest BCUT2D eigenvalue weighted by Crippen LogP contribution is -2.13. The van der Waals surface area contributed by atoms with Gasteiger partial charge in [-0.1, -0.05) is 154 Å². The van der Waals surface area contributed by atoms with Gasteiger partial charge < -0.3 is 14.2 Å². The van der Waals surface area contributed by atoms with Crippen LogP contribution < -0.4 is 4.74 Å². The van der Waals surface area contributed by atoms with Crippen molar-refractivity contribution in [3.8, 4) is 16.9 Å². The summed E-state index contributed by atoms with van der Waals surface area (Å²) in [7, 11) is 0. The van der Waals surface area contributed by atoms with E-state index in [-0.39, 0.29) is 19.4 Å². The molecule has 0 unspecified atom stereocenters. The van der Waals surface area contributed by atoms with Crippen LogP contribution in [0.25, 0.3) is 11.1 Å². The minimum atomic E-state index is -0.341. The van der Waals surface area contributed by atoms with Gasteiger partial charge in [-0.25, -0.2) is 4.79 Å². The Balaban J connectivity index is 0.000000367. The second kappa shape index (κ2) is 24.6. The van der Waals surface area contributed by atoms with Gasteiger partial charge in [0.05, 0.1) is 12.2 Å². The summed E-state index contributed by atoms with van der Waals surface area (Å²) < 4.78 is 15.9. The van der Waals surface area contributed by atoms with Gasteiger partial charge in [-0.2, -0.15) is 0 Å². The van der Waals surface area contributed by atoms with Crippen LogP contribution in [-0.2, 0) is 9.47 Å². The topological polar surface area (TPSA) is 44.8 Å². The molecule has 0 amide bonds. The first-order valence-electron chi connectivity index (χ1n) is 16.1. The first-order chi connectivity index (χ1) is 22.4. The van der Waals surface area contributed by atoms with Gasteiger partial charge in [0.15, 0.2) is 6.79 Å². The third-order valence-corrected chi connectivity index (χ3v) is 6.07. The summed E-state index contributed by atoms with van der Waals surface area (Å²) in [6.45, 7) is 16.8. The molecule has 5 aromatic carbocycles. The maximum atomic E-state index is 11.8. The Hall–Kier alpha value is -4.67. The van der Waals surface area contributed by atoms with Gasteiger partial charge >= 0.3 is 5.97 Å². The molecule has 0 atom stereocenters. The molecule has 0 saturated heterocycles. The van der Waals surface area contributed by atoms with E-state index in [1.165, 1.54) is 22.3 Å². The number of hydrogen-bond acceptors (Lipinski definition) is 4. The quantitative estimate of drug-likeness (QED) is 0.0983. The molecule has 0 spiro atoms. The molecular formula is C42H52O4. The Kier molecular flexibility index (Phi) is 21.1. The predicted octanol–water partition coefficient (Wildman–Crippen LogP) is 11.2. The largest absolute Gasteiger partial charge is 0.468 e. The molecule has 0 N–H and O–H groups in total. The van der Waals surface area contributed by atoms with Crippen molar-refractivity contribution in [3.63, 3.8) is 0 Å². The van der Waals surface area contributed by atoms with Gasteiger partial charge in [-0.05, 0) is 68.7 Å². The van der Waals surface area contributed by atoms with E-state index in [0.717, 1.165) is 16.9 Å². The standard InChI is InChI=1S/C18H20O4.C12H10.C8H10.2C2H6/c1-14-5-3-7-16(11-14)18(19)21-10-9-20-13-22-17-8-4-6-15(2)12-17;1-3-7-11(8-4-1)12-9-5-2-6-10-12;1-7-4-3-5-8(2)6-7;2*1-2/h3-8,11-12H,9-10,13H2,1-2H3;1-10H;3-6H,1-2H3;2*1-2H3. The summed E-state index contributed by atoms with van der Waals surface area (Å²) >= 11 is 0. The smallest absolute Gasteiger partial charge is 0.338 e. The highest BCUT2D eigenvalue weighted by Crippen LogP contribution is 2.17. The first-order valence-corrected chi connectivity index (χ1v) is 16.1. The zero-order chi connectivity index (χ0) is 34.0. The number of esters is 1. The fourth-order valence-electron chi connectivity index (χ4n) is 3.99. The van der Waals surface area contributed by atoms with E-state index in [1.807, 2.05) is 90.1 Å². The monoisotopic (exact) mass is 620 g/mol. The molecule has 0 aromatic heterocycles. The minimum absolute atomic E-state index is 0.130. The fraction of sp³-hybridized carbons (Fsp3) is 0.262. The average molecular weight is 621 g/mol. The van der Waals surface area contributed by atoms with Crippen molar-refractivity contribution in [2.24, 2.45) is 0 Å². The lowest BCUT2D eigenvalue weighted by Gasteiger charge is -2.08. The van der Waals surface area contributed by atoms with Gasteiger partial charge in [0.1, 0.15) is 12.4 Å². The number of rotatable bonds is 8. The van der Waals surface area contributed by atoms with E-state index in [0.29, 0.717) is 12.2 Å². The van der Waals surface area contributed by atoms with Gasteiger partial charge in [-0.3, -0.25) is 0 Å². The Labute approximate surface area is 278 Å². The minimum Gasteiger partial charge on any atom is -0.468 e. The van der Waals surface area contributed by atoms with Crippen molar-refractivity contribution in [1.29, 1.82) is 0 Å². The molecule has 0 aliphatic carbocycles. The average Bonchev–Trinajstić information content (AvgIpc) is 3.09. The van der Waals surface area contributed by atoms with Gasteiger partial charge in [0.25, 0.3) is 0 Å². The molecule has 0 heterocycles. The van der Waals surface area contributed by atoms with Crippen molar-refractivity contribution in [2.75, 3.05) is 20.0 Å². The van der Waals surface area contributed by atoms with Crippen molar-refractivity contribution in [2.45, 2.75) is 55.4 Å². The molecular weight excluding hydrogens is 568 g/mol. The van der Waals surface area contributed by atoms with Crippen molar-refractivity contribution in [1.82, 2.24) is 0 Å². The van der Waals surface area contributed by atoms with Crippen molar-refractivity contribution in [3.05, 3.63) is 161 Å². The highest BCUT2D eigenvalue weighted by molar-refractivity contribution is 5.89. The Morgan fingerprint density at radius 3 is 1.41 bits per heavy atom. The maximum absolute atomic E-state index is 11.8. The molecule has 46 heavy (non-hydrogen) atoms. The molecule has 0 fully saturated rings.